The van der Waals surface area contributed by atoms with E-state index in [1.165, 1.54) is 12.1 Å². The Morgan fingerprint density at radius 1 is 0.944 bits per heavy atom. The van der Waals surface area contributed by atoms with Crippen molar-refractivity contribution in [1.29, 1.82) is 0 Å². The monoisotopic (exact) mass is 491 g/mol. The molecule has 2 N–H and O–H groups in total. The highest BCUT2D eigenvalue weighted by atomic mass is 19.1. The second-order valence-electron chi connectivity index (χ2n) is 8.77. The molecule has 0 bridgehead atoms. The Labute approximate surface area is 212 Å². The van der Waals surface area contributed by atoms with Crippen molar-refractivity contribution in [2.24, 2.45) is 0 Å². The van der Waals surface area contributed by atoms with Crippen LogP contribution in [0.3, 0.4) is 0 Å². The van der Waals surface area contributed by atoms with Gasteiger partial charge < -0.3 is 15.0 Å². The molecule has 2 amide bonds. The molecule has 3 aromatic carbocycles. The third kappa shape index (κ3) is 7.11. The maximum absolute atomic E-state index is 13.3. The Kier molecular flexibility index (Phi) is 8.99. The number of urea groups is 1. The van der Waals surface area contributed by atoms with Gasteiger partial charge in [0.2, 0.25) is 0 Å². The quantitative estimate of drug-likeness (QED) is 0.328. The van der Waals surface area contributed by atoms with Gasteiger partial charge >= 0.3 is 6.03 Å². The minimum atomic E-state index is -0.281. The molecule has 0 aliphatic carbocycles. The normalized spacial score (nSPS) is 13.8. The van der Waals surface area contributed by atoms with Gasteiger partial charge in [0.15, 0.2) is 0 Å². The number of amides is 2. The molecule has 7 nitrogen and oxygen atoms in total. The Morgan fingerprint density at radius 2 is 1.64 bits per heavy atom. The van der Waals surface area contributed by atoms with Gasteiger partial charge in [-0.05, 0) is 54.9 Å². The standard InChI is InChI=1S/C28H34FN5O2/c1-36-27-11-6-5-10-26(27)33-20-18-32(19-21-33)17-7-16-30-28(35)31-34(25-8-3-2-4-9-25)22-23-12-14-24(29)15-13-23/h2-6,8-15H,7,16-22H2,1H3,(H2,30,31,35). The van der Waals surface area contributed by atoms with Gasteiger partial charge in [0.05, 0.1) is 25.0 Å². The minimum Gasteiger partial charge on any atom is -0.495 e. The predicted octanol–water partition coefficient (Wildman–Crippen LogP) is 4.27. The highest BCUT2D eigenvalue weighted by molar-refractivity contribution is 5.76. The van der Waals surface area contributed by atoms with E-state index in [0.717, 1.165) is 61.8 Å². The number of anilines is 2. The highest BCUT2D eigenvalue weighted by Crippen LogP contribution is 2.28. The fourth-order valence-electron chi connectivity index (χ4n) is 4.35. The van der Waals surface area contributed by atoms with E-state index in [2.05, 4.69) is 26.6 Å². The summed E-state index contributed by atoms with van der Waals surface area (Å²) in [5, 5.41) is 4.73. The number of carbonyl (C=O) groups is 1. The van der Waals surface area contributed by atoms with E-state index in [1.54, 1.807) is 24.3 Å². The van der Waals surface area contributed by atoms with E-state index in [4.69, 9.17) is 4.74 Å². The summed E-state index contributed by atoms with van der Waals surface area (Å²) in [4.78, 5) is 17.4. The van der Waals surface area contributed by atoms with Crippen LogP contribution in [0.25, 0.3) is 0 Å². The minimum absolute atomic E-state index is 0.262. The zero-order chi connectivity index (χ0) is 25.2. The number of hydrogen-bond acceptors (Lipinski definition) is 5. The number of ether oxygens (including phenoxy) is 1. The second kappa shape index (κ2) is 12.8. The van der Waals surface area contributed by atoms with Gasteiger partial charge in [0, 0.05) is 32.7 Å². The Bertz CT molecular complexity index is 1090. The van der Waals surface area contributed by atoms with Crippen LogP contribution in [0, 0.1) is 5.82 Å². The summed E-state index contributed by atoms with van der Waals surface area (Å²) in [6.45, 7) is 5.78. The molecule has 4 rings (SSSR count). The number of benzene rings is 3. The molecule has 0 unspecified atom stereocenters. The van der Waals surface area contributed by atoms with E-state index in [1.807, 2.05) is 48.5 Å². The smallest absolute Gasteiger partial charge is 0.333 e. The lowest BCUT2D eigenvalue weighted by Crippen LogP contribution is -2.48. The van der Waals surface area contributed by atoms with Crippen LogP contribution >= 0.6 is 0 Å². The summed E-state index contributed by atoms with van der Waals surface area (Å²) in [6.07, 6.45) is 0.866. The Morgan fingerprint density at radius 3 is 2.36 bits per heavy atom. The highest BCUT2D eigenvalue weighted by Gasteiger charge is 2.19. The average Bonchev–Trinajstić information content (AvgIpc) is 2.93. The molecule has 0 spiro atoms. The number of para-hydroxylation sites is 3. The van der Waals surface area contributed by atoms with E-state index < -0.39 is 0 Å². The molecule has 1 heterocycles. The van der Waals surface area contributed by atoms with Crippen LogP contribution in [0.2, 0.25) is 0 Å². The van der Waals surface area contributed by atoms with Crippen molar-refractivity contribution in [2.45, 2.75) is 13.0 Å². The van der Waals surface area contributed by atoms with Crippen LogP contribution in [0.4, 0.5) is 20.6 Å². The number of nitrogens with zero attached hydrogens (tertiary/aromatic N) is 3. The number of hydrazine groups is 1. The third-order valence-corrected chi connectivity index (χ3v) is 6.29. The molecular formula is C28H34FN5O2. The lowest BCUT2D eigenvalue weighted by atomic mass is 10.2. The first-order valence-electron chi connectivity index (χ1n) is 12.3. The lowest BCUT2D eigenvalue weighted by molar-refractivity contribution is 0.235. The van der Waals surface area contributed by atoms with Crippen LogP contribution in [0.5, 0.6) is 5.75 Å². The first-order chi connectivity index (χ1) is 17.6. The van der Waals surface area contributed by atoms with Crippen LogP contribution in [-0.4, -0.2) is 57.3 Å². The van der Waals surface area contributed by atoms with Gasteiger partial charge in [-0.2, -0.15) is 0 Å². The van der Waals surface area contributed by atoms with Gasteiger partial charge in [0.25, 0.3) is 0 Å². The van der Waals surface area contributed by atoms with Crippen molar-refractivity contribution in [2.75, 3.05) is 56.3 Å². The zero-order valence-electron chi connectivity index (χ0n) is 20.7. The molecule has 1 saturated heterocycles. The molecule has 0 saturated carbocycles. The topological polar surface area (TPSA) is 60.1 Å². The maximum atomic E-state index is 13.3. The van der Waals surface area contributed by atoms with Crippen LogP contribution in [0.1, 0.15) is 12.0 Å². The maximum Gasteiger partial charge on any atom is 0.333 e. The third-order valence-electron chi connectivity index (χ3n) is 6.29. The van der Waals surface area contributed by atoms with E-state index in [0.29, 0.717) is 13.1 Å². The van der Waals surface area contributed by atoms with Gasteiger partial charge in [-0.25, -0.2) is 14.6 Å². The van der Waals surface area contributed by atoms with Crippen molar-refractivity contribution in [3.63, 3.8) is 0 Å². The van der Waals surface area contributed by atoms with Crippen molar-refractivity contribution in [1.82, 2.24) is 15.6 Å². The van der Waals surface area contributed by atoms with E-state index in [-0.39, 0.29) is 11.8 Å². The van der Waals surface area contributed by atoms with Crippen LogP contribution in [0.15, 0.2) is 78.9 Å². The zero-order valence-corrected chi connectivity index (χ0v) is 20.7. The molecule has 190 valence electrons. The molecule has 1 fully saturated rings. The summed E-state index contributed by atoms with van der Waals surface area (Å²) < 4.78 is 18.8. The van der Waals surface area contributed by atoms with Gasteiger partial charge in [-0.15, -0.1) is 0 Å². The fourth-order valence-corrected chi connectivity index (χ4v) is 4.35. The van der Waals surface area contributed by atoms with Gasteiger partial charge in [-0.1, -0.05) is 42.5 Å². The number of methoxy groups -OCH3 is 1. The summed E-state index contributed by atoms with van der Waals surface area (Å²) in [5.41, 5.74) is 5.82. The molecule has 3 aromatic rings. The predicted molar refractivity (Wildman–Crippen MR) is 142 cm³/mol. The first kappa shape index (κ1) is 25.3. The van der Waals surface area contributed by atoms with E-state index >= 15 is 0 Å². The number of nitrogens with one attached hydrogen (secondary N) is 2. The molecule has 0 aromatic heterocycles. The molecule has 0 radical (unpaired) electrons. The van der Waals surface area contributed by atoms with Crippen molar-refractivity contribution in [3.05, 3.63) is 90.2 Å². The summed E-state index contributed by atoms with van der Waals surface area (Å²) in [5.74, 6) is 0.627. The first-order valence-corrected chi connectivity index (χ1v) is 12.3. The SMILES string of the molecule is COc1ccccc1N1CCN(CCCNC(=O)NN(Cc2ccc(F)cc2)c2ccccc2)CC1. The molecule has 8 heteroatoms. The molecular weight excluding hydrogens is 457 g/mol. The average molecular weight is 492 g/mol. The molecule has 36 heavy (non-hydrogen) atoms. The van der Waals surface area contributed by atoms with Gasteiger partial charge in [-0.3, -0.25) is 9.91 Å². The van der Waals surface area contributed by atoms with Crippen molar-refractivity contribution >= 4 is 17.4 Å². The van der Waals surface area contributed by atoms with E-state index in [9.17, 15) is 9.18 Å². The molecule has 0 atom stereocenters. The Hall–Kier alpha value is -3.78. The number of piperazine rings is 1. The number of halogens is 1. The second-order valence-corrected chi connectivity index (χ2v) is 8.77. The number of rotatable bonds is 10. The summed E-state index contributed by atoms with van der Waals surface area (Å²) in [6, 6.07) is 23.8. The van der Waals surface area contributed by atoms with Crippen LogP contribution in [-0.2, 0) is 6.54 Å². The van der Waals surface area contributed by atoms with Crippen molar-refractivity contribution in [3.8, 4) is 5.75 Å². The molecule has 1 aliphatic rings. The van der Waals surface area contributed by atoms with Crippen LogP contribution < -0.4 is 25.4 Å². The van der Waals surface area contributed by atoms with Gasteiger partial charge in [0.1, 0.15) is 11.6 Å². The fraction of sp³-hybridized carbons (Fsp3) is 0.321. The number of carbonyl (C=O) groups excluding carboxylic acids is 1. The lowest BCUT2D eigenvalue weighted by Gasteiger charge is -2.36. The van der Waals surface area contributed by atoms with Crippen molar-refractivity contribution < 1.29 is 13.9 Å². The largest absolute Gasteiger partial charge is 0.495 e. The summed E-state index contributed by atoms with van der Waals surface area (Å²) in [7, 11) is 1.71. The Balaban J connectivity index is 1.20. The number of hydrogen-bond donors (Lipinski definition) is 2. The molecule has 1 aliphatic heterocycles. The summed E-state index contributed by atoms with van der Waals surface area (Å²) >= 11 is 0.